The van der Waals surface area contributed by atoms with E-state index in [9.17, 15) is 0 Å². The molecule has 0 spiro atoms. The summed E-state index contributed by atoms with van der Waals surface area (Å²) in [6.07, 6.45) is 5.26. The van der Waals surface area contributed by atoms with Gasteiger partial charge in [-0.2, -0.15) is 0 Å². The molecular weight excluding hydrogens is 220 g/mol. The third-order valence-electron chi connectivity index (χ3n) is 2.96. The summed E-state index contributed by atoms with van der Waals surface area (Å²) in [6, 6.07) is 6.41. The van der Waals surface area contributed by atoms with Crippen LogP contribution in [0.2, 0.25) is 0 Å². The summed E-state index contributed by atoms with van der Waals surface area (Å²) in [5.74, 6) is 3.41. The number of benzene rings is 1. The van der Waals surface area contributed by atoms with Crippen molar-refractivity contribution >= 4 is 0 Å². The van der Waals surface area contributed by atoms with Crippen LogP contribution < -0.4 is 4.74 Å². The summed E-state index contributed by atoms with van der Waals surface area (Å²) < 4.78 is 5.64. The predicted octanol–water partition coefficient (Wildman–Crippen LogP) is 4.29. The molecule has 0 saturated carbocycles. The minimum atomic E-state index is 0.0468. The van der Waals surface area contributed by atoms with Crippen LogP contribution in [0.15, 0.2) is 18.2 Å². The van der Waals surface area contributed by atoms with Gasteiger partial charge >= 0.3 is 0 Å². The molecule has 0 aliphatic rings. The highest BCUT2D eigenvalue weighted by molar-refractivity contribution is 5.43. The van der Waals surface area contributed by atoms with Gasteiger partial charge in [0.25, 0.3) is 0 Å². The second kappa shape index (κ2) is 5.06. The standard InChI is InChI=1S/C17H24O/c1-8-11-18-15-10-9-13(16(2,3)4)12-14(15)17(5,6)7/h1,9-10,12H,11H2,2-7H3. The van der Waals surface area contributed by atoms with Crippen molar-refractivity contribution in [1.82, 2.24) is 0 Å². The first-order valence-electron chi connectivity index (χ1n) is 6.37. The molecule has 0 aliphatic carbocycles. The van der Waals surface area contributed by atoms with Gasteiger partial charge in [-0.3, -0.25) is 0 Å². The molecule has 1 aromatic rings. The molecule has 18 heavy (non-hydrogen) atoms. The lowest BCUT2D eigenvalue weighted by Crippen LogP contribution is -2.17. The van der Waals surface area contributed by atoms with Crippen LogP contribution in [0, 0.1) is 12.3 Å². The maximum absolute atomic E-state index is 5.64. The van der Waals surface area contributed by atoms with E-state index in [1.54, 1.807) is 0 Å². The summed E-state index contributed by atoms with van der Waals surface area (Å²) in [4.78, 5) is 0. The Morgan fingerprint density at radius 3 is 2.11 bits per heavy atom. The van der Waals surface area contributed by atoms with Gasteiger partial charge < -0.3 is 4.74 Å². The Morgan fingerprint density at radius 2 is 1.67 bits per heavy atom. The summed E-state index contributed by atoms with van der Waals surface area (Å²) in [5, 5.41) is 0. The largest absolute Gasteiger partial charge is 0.481 e. The second-order valence-corrected chi connectivity index (χ2v) is 6.70. The lowest BCUT2D eigenvalue weighted by atomic mass is 9.80. The maximum Gasteiger partial charge on any atom is 0.148 e. The Morgan fingerprint density at radius 1 is 1.06 bits per heavy atom. The topological polar surface area (TPSA) is 9.23 Å². The van der Waals surface area contributed by atoms with Crippen molar-refractivity contribution < 1.29 is 4.74 Å². The average molecular weight is 244 g/mol. The van der Waals surface area contributed by atoms with Gasteiger partial charge in [-0.15, -0.1) is 6.42 Å². The van der Waals surface area contributed by atoms with Crippen LogP contribution in [0.5, 0.6) is 5.75 Å². The first kappa shape index (κ1) is 14.6. The predicted molar refractivity (Wildman–Crippen MR) is 78.2 cm³/mol. The molecule has 0 aromatic heterocycles. The monoisotopic (exact) mass is 244 g/mol. The molecule has 1 heteroatoms. The van der Waals surface area contributed by atoms with E-state index in [1.165, 1.54) is 11.1 Å². The summed E-state index contributed by atoms with van der Waals surface area (Å²) in [5.41, 5.74) is 2.72. The Kier molecular flexibility index (Phi) is 4.12. The van der Waals surface area contributed by atoms with E-state index >= 15 is 0 Å². The Labute approximate surface area is 112 Å². The van der Waals surface area contributed by atoms with E-state index in [2.05, 4.69) is 59.6 Å². The van der Waals surface area contributed by atoms with Gasteiger partial charge in [0.2, 0.25) is 0 Å². The first-order valence-corrected chi connectivity index (χ1v) is 6.37. The third kappa shape index (κ3) is 3.53. The SMILES string of the molecule is C#CCOc1ccc(C(C)(C)C)cc1C(C)(C)C. The van der Waals surface area contributed by atoms with Crippen molar-refractivity contribution in [1.29, 1.82) is 0 Å². The zero-order valence-corrected chi connectivity index (χ0v) is 12.4. The minimum Gasteiger partial charge on any atom is -0.481 e. The normalized spacial score (nSPS) is 12.1. The second-order valence-electron chi connectivity index (χ2n) is 6.70. The van der Waals surface area contributed by atoms with Crippen molar-refractivity contribution in [3.63, 3.8) is 0 Å². The Bertz CT molecular complexity index is 450. The number of ether oxygens (including phenoxy) is 1. The fourth-order valence-corrected chi connectivity index (χ4v) is 1.83. The van der Waals surface area contributed by atoms with Gasteiger partial charge in [0.1, 0.15) is 12.4 Å². The van der Waals surface area contributed by atoms with E-state index in [4.69, 9.17) is 11.2 Å². The summed E-state index contributed by atoms with van der Waals surface area (Å²) in [7, 11) is 0. The number of hydrogen-bond donors (Lipinski definition) is 0. The molecule has 1 aromatic carbocycles. The van der Waals surface area contributed by atoms with E-state index in [0.29, 0.717) is 6.61 Å². The molecule has 0 bridgehead atoms. The van der Waals surface area contributed by atoms with Gasteiger partial charge in [-0.1, -0.05) is 59.6 Å². The quantitative estimate of drug-likeness (QED) is 0.705. The van der Waals surface area contributed by atoms with E-state index < -0.39 is 0 Å². The van der Waals surface area contributed by atoms with Crippen LogP contribution in [0.25, 0.3) is 0 Å². The number of terminal acetylenes is 1. The molecule has 0 fully saturated rings. The van der Waals surface area contributed by atoms with E-state index in [1.807, 2.05) is 6.07 Å². The number of rotatable bonds is 2. The van der Waals surface area contributed by atoms with Crippen LogP contribution >= 0.6 is 0 Å². The highest BCUT2D eigenvalue weighted by Gasteiger charge is 2.22. The van der Waals surface area contributed by atoms with Gasteiger partial charge in [0, 0.05) is 0 Å². The molecule has 98 valence electrons. The van der Waals surface area contributed by atoms with Crippen LogP contribution in [0.1, 0.15) is 52.7 Å². The third-order valence-corrected chi connectivity index (χ3v) is 2.96. The average Bonchev–Trinajstić information content (AvgIpc) is 2.23. The molecular formula is C17H24O. The fourth-order valence-electron chi connectivity index (χ4n) is 1.83. The van der Waals surface area contributed by atoms with Gasteiger partial charge in [-0.05, 0) is 28.0 Å². The summed E-state index contributed by atoms with van der Waals surface area (Å²) in [6.45, 7) is 13.6. The van der Waals surface area contributed by atoms with Crippen molar-refractivity contribution in [2.24, 2.45) is 0 Å². The van der Waals surface area contributed by atoms with Crippen molar-refractivity contribution in [3.8, 4) is 18.1 Å². The van der Waals surface area contributed by atoms with Crippen LogP contribution in [-0.2, 0) is 10.8 Å². The first-order chi connectivity index (χ1) is 8.16. The van der Waals surface area contributed by atoms with Gasteiger partial charge in [-0.25, -0.2) is 0 Å². The molecule has 0 N–H and O–H groups in total. The van der Waals surface area contributed by atoms with Crippen LogP contribution in [-0.4, -0.2) is 6.61 Å². The molecule has 0 aliphatic heterocycles. The molecule has 0 saturated heterocycles. The highest BCUT2D eigenvalue weighted by atomic mass is 16.5. The maximum atomic E-state index is 5.64. The molecule has 0 amide bonds. The van der Waals surface area contributed by atoms with Gasteiger partial charge in [0.15, 0.2) is 0 Å². The zero-order chi connectivity index (χ0) is 14.0. The Balaban J connectivity index is 3.27. The lowest BCUT2D eigenvalue weighted by Gasteiger charge is -2.27. The van der Waals surface area contributed by atoms with E-state index in [-0.39, 0.29) is 10.8 Å². The molecule has 1 nitrogen and oxygen atoms in total. The zero-order valence-electron chi connectivity index (χ0n) is 12.4. The number of hydrogen-bond acceptors (Lipinski definition) is 1. The lowest BCUT2D eigenvalue weighted by molar-refractivity contribution is 0.357. The molecule has 0 unspecified atom stereocenters. The molecule has 0 heterocycles. The van der Waals surface area contributed by atoms with Crippen LogP contribution in [0.4, 0.5) is 0 Å². The fraction of sp³-hybridized carbons (Fsp3) is 0.529. The van der Waals surface area contributed by atoms with Crippen molar-refractivity contribution in [2.75, 3.05) is 6.61 Å². The minimum absolute atomic E-state index is 0.0468. The van der Waals surface area contributed by atoms with Crippen LogP contribution in [0.3, 0.4) is 0 Å². The molecule has 0 atom stereocenters. The van der Waals surface area contributed by atoms with Crippen molar-refractivity contribution in [3.05, 3.63) is 29.3 Å². The molecule has 1 rings (SSSR count). The van der Waals surface area contributed by atoms with E-state index in [0.717, 1.165) is 5.75 Å². The highest BCUT2D eigenvalue weighted by Crippen LogP contribution is 2.35. The smallest absolute Gasteiger partial charge is 0.148 e. The Hall–Kier alpha value is -1.42. The van der Waals surface area contributed by atoms with Crippen molar-refractivity contribution in [2.45, 2.75) is 52.4 Å². The summed E-state index contributed by atoms with van der Waals surface area (Å²) >= 11 is 0. The molecule has 0 radical (unpaired) electrons. The van der Waals surface area contributed by atoms with Gasteiger partial charge in [0.05, 0.1) is 0 Å².